The first-order valence-electron chi connectivity index (χ1n) is 12.7. The van der Waals surface area contributed by atoms with E-state index in [1.807, 2.05) is 54.6 Å². The molecule has 0 fully saturated rings. The van der Waals surface area contributed by atoms with Gasteiger partial charge in [0, 0.05) is 0 Å². The van der Waals surface area contributed by atoms with Gasteiger partial charge in [-0.1, -0.05) is 56.3 Å². The maximum atomic E-state index is 13.0. The number of aryl methyl sites for hydroxylation is 1. The summed E-state index contributed by atoms with van der Waals surface area (Å²) in [4.78, 5) is 6.89. The fraction of sp³-hybridized carbons (Fsp3) is 0.462. The zero-order valence-electron chi connectivity index (χ0n) is 21.0. The lowest BCUT2D eigenvalue weighted by molar-refractivity contribution is 0.200. The lowest BCUT2D eigenvalue weighted by Crippen LogP contribution is -2.33. The molecule has 0 saturated carbocycles. The summed E-state index contributed by atoms with van der Waals surface area (Å²) in [5.74, 6) is 1.81. The summed E-state index contributed by atoms with van der Waals surface area (Å²) in [6.07, 6.45) is 1.47. The van der Waals surface area contributed by atoms with E-state index in [0.717, 1.165) is 36.6 Å². The number of sulfonamides is 1. The number of H-pyrrole nitrogens is 1. The normalized spacial score (nSPS) is 16.2. The first kappa shape index (κ1) is 26.1. The molecule has 1 aliphatic rings. The van der Waals surface area contributed by atoms with E-state index in [1.54, 1.807) is 0 Å². The number of aromatic amines is 1. The van der Waals surface area contributed by atoms with Gasteiger partial charge >= 0.3 is 0 Å². The van der Waals surface area contributed by atoms with Gasteiger partial charge in [-0.25, -0.2) is 18.1 Å². The molecule has 2 aromatic carbocycles. The largest absolute Gasteiger partial charge is 0.478 e. The Balaban J connectivity index is 1.46. The van der Waals surface area contributed by atoms with Crippen LogP contribution in [0.4, 0.5) is 5.69 Å². The lowest BCUT2D eigenvalue weighted by atomic mass is 10.1. The van der Waals surface area contributed by atoms with Crippen molar-refractivity contribution in [2.75, 3.05) is 37.2 Å². The molecule has 1 aliphatic heterocycles. The summed E-state index contributed by atoms with van der Waals surface area (Å²) in [5.41, 5.74) is 2.07. The van der Waals surface area contributed by atoms with E-state index in [0.29, 0.717) is 37.5 Å². The maximum absolute atomic E-state index is 13.0. The van der Waals surface area contributed by atoms with E-state index in [2.05, 4.69) is 44.0 Å². The molecule has 3 aromatic rings. The number of nitrogens with one attached hydrogen (secondary N) is 3. The van der Waals surface area contributed by atoms with Crippen LogP contribution >= 0.6 is 0 Å². The van der Waals surface area contributed by atoms with E-state index in [1.165, 1.54) is 0 Å². The molecule has 2 heterocycles. The topological polar surface area (TPSA) is 112 Å². The second-order valence-corrected chi connectivity index (χ2v) is 10.8. The molecule has 1 aromatic heterocycles. The van der Waals surface area contributed by atoms with Crippen molar-refractivity contribution in [2.24, 2.45) is 0 Å². The van der Waals surface area contributed by atoms with Crippen LogP contribution in [0.2, 0.25) is 0 Å². The highest BCUT2D eigenvalue weighted by Gasteiger charge is 2.27. The Morgan fingerprint density at radius 1 is 1.11 bits per heavy atom. The van der Waals surface area contributed by atoms with Gasteiger partial charge in [-0.2, -0.15) is 5.10 Å². The number of aromatic nitrogens is 3. The molecule has 0 radical (unpaired) electrons. The van der Waals surface area contributed by atoms with Crippen molar-refractivity contribution >= 4 is 15.7 Å². The quantitative estimate of drug-likeness (QED) is 0.320. The van der Waals surface area contributed by atoms with Crippen LogP contribution in [0, 0.1) is 0 Å². The summed E-state index contributed by atoms with van der Waals surface area (Å²) in [6, 6.07) is 17.2. The minimum absolute atomic E-state index is 0.0645. The Hall–Kier alpha value is -2.95. The van der Waals surface area contributed by atoms with Gasteiger partial charge in [0.1, 0.15) is 5.75 Å². The van der Waals surface area contributed by atoms with Crippen molar-refractivity contribution < 1.29 is 13.2 Å². The van der Waals surface area contributed by atoms with E-state index in [9.17, 15) is 8.42 Å². The molecule has 9 nitrogen and oxygen atoms in total. The number of para-hydroxylation sites is 2. The van der Waals surface area contributed by atoms with Gasteiger partial charge < -0.3 is 15.0 Å². The highest BCUT2D eigenvalue weighted by atomic mass is 32.2. The van der Waals surface area contributed by atoms with Crippen LogP contribution in [0.1, 0.15) is 56.0 Å². The van der Waals surface area contributed by atoms with Gasteiger partial charge in [0.25, 0.3) is 0 Å². The second-order valence-electron chi connectivity index (χ2n) is 8.96. The molecular formula is C26H36N6O3S. The number of fused-ring (bicyclic) bond motifs is 1. The number of nitrogens with zero attached hydrogens (tertiary/aromatic N) is 3. The molecule has 2 atom stereocenters. The number of benzene rings is 2. The summed E-state index contributed by atoms with van der Waals surface area (Å²) < 4.78 is 35.0. The van der Waals surface area contributed by atoms with E-state index < -0.39 is 16.1 Å². The van der Waals surface area contributed by atoms with Crippen molar-refractivity contribution in [1.82, 2.24) is 24.8 Å². The average molecular weight is 513 g/mol. The van der Waals surface area contributed by atoms with Crippen LogP contribution < -0.4 is 14.8 Å². The molecule has 0 aliphatic carbocycles. The molecule has 2 unspecified atom stereocenters. The van der Waals surface area contributed by atoms with Gasteiger partial charge in [0.15, 0.2) is 17.8 Å². The highest BCUT2D eigenvalue weighted by Crippen LogP contribution is 2.33. The van der Waals surface area contributed by atoms with E-state index in [4.69, 9.17) is 4.74 Å². The molecule has 0 saturated heterocycles. The third-order valence-electron chi connectivity index (χ3n) is 6.44. The van der Waals surface area contributed by atoms with Crippen LogP contribution in [0.15, 0.2) is 54.6 Å². The van der Waals surface area contributed by atoms with Gasteiger partial charge in [-0.15, -0.1) is 0 Å². The zero-order chi connectivity index (χ0) is 25.4. The number of anilines is 1. The fourth-order valence-electron chi connectivity index (χ4n) is 4.34. The van der Waals surface area contributed by atoms with Crippen LogP contribution in [-0.2, 0) is 16.4 Å². The molecule has 0 spiro atoms. The highest BCUT2D eigenvalue weighted by molar-refractivity contribution is 7.89. The van der Waals surface area contributed by atoms with Crippen LogP contribution in [-0.4, -0.2) is 60.4 Å². The Morgan fingerprint density at radius 2 is 1.86 bits per heavy atom. The minimum Gasteiger partial charge on any atom is -0.478 e. The molecule has 0 bridgehead atoms. The number of rotatable bonds is 13. The van der Waals surface area contributed by atoms with Crippen molar-refractivity contribution in [3.63, 3.8) is 0 Å². The average Bonchev–Trinajstić information content (AvgIpc) is 3.40. The second kappa shape index (κ2) is 12.3. The number of hydrogen-bond donors (Lipinski definition) is 3. The standard InChI is InChI=1S/C26H36N6O3S/c1-3-32(4-2)17-10-18-36(33,34)31-22(16-15-20-11-6-5-7-12-20)25-28-26(30-29-25)24-19-27-21-13-8-9-14-23(21)35-24/h5-9,11-14,22,24,27,31H,3-4,10,15-19H2,1-2H3,(H,28,29,30). The Morgan fingerprint density at radius 3 is 2.64 bits per heavy atom. The van der Waals surface area contributed by atoms with E-state index >= 15 is 0 Å². The molecule has 4 rings (SSSR count). The molecule has 194 valence electrons. The Kier molecular flexibility index (Phi) is 8.95. The smallest absolute Gasteiger partial charge is 0.212 e. The number of ether oxygens (including phenoxy) is 1. The zero-order valence-corrected chi connectivity index (χ0v) is 21.8. The monoisotopic (exact) mass is 512 g/mol. The Labute approximate surface area is 213 Å². The van der Waals surface area contributed by atoms with Crippen LogP contribution in [0.5, 0.6) is 5.75 Å². The van der Waals surface area contributed by atoms with Gasteiger partial charge in [0.05, 0.1) is 24.0 Å². The first-order valence-corrected chi connectivity index (χ1v) is 14.3. The summed E-state index contributed by atoms with van der Waals surface area (Å²) >= 11 is 0. The lowest BCUT2D eigenvalue weighted by Gasteiger charge is -2.25. The third-order valence-corrected chi connectivity index (χ3v) is 7.91. The van der Waals surface area contributed by atoms with Crippen molar-refractivity contribution in [3.8, 4) is 5.75 Å². The van der Waals surface area contributed by atoms with Crippen LogP contribution in [0.3, 0.4) is 0 Å². The summed E-state index contributed by atoms with van der Waals surface area (Å²) in [6.45, 7) is 7.28. The fourth-order valence-corrected chi connectivity index (χ4v) is 5.63. The summed E-state index contributed by atoms with van der Waals surface area (Å²) in [5, 5.41) is 10.7. The van der Waals surface area contributed by atoms with Crippen molar-refractivity contribution in [3.05, 3.63) is 71.8 Å². The van der Waals surface area contributed by atoms with Crippen molar-refractivity contribution in [2.45, 2.75) is 45.3 Å². The predicted octanol–water partition coefficient (Wildman–Crippen LogP) is 3.68. The molecule has 3 N–H and O–H groups in total. The molecule has 0 amide bonds. The van der Waals surface area contributed by atoms with E-state index in [-0.39, 0.29) is 11.9 Å². The minimum atomic E-state index is -3.52. The van der Waals surface area contributed by atoms with Gasteiger partial charge in [-0.3, -0.25) is 5.10 Å². The molecular weight excluding hydrogens is 476 g/mol. The Bertz CT molecular complexity index is 1200. The maximum Gasteiger partial charge on any atom is 0.212 e. The SMILES string of the molecule is CCN(CC)CCCS(=O)(=O)NC(CCc1ccccc1)c1n[nH]c(C2CNc3ccccc3O2)n1. The third kappa shape index (κ3) is 7.05. The van der Waals surface area contributed by atoms with Gasteiger partial charge in [-0.05, 0) is 56.6 Å². The van der Waals surface area contributed by atoms with Crippen molar-refractivity contribution in [1.29, 1.82) is 0 Å². The molecule has 36 heavy (non-hydrogen) atoms. The predicted molar refractivity (Wildman–Crippen MR) is 142 cm³/mol. The molecule has 10 heteroatoms. The van der Waals surface area contributed by atoms with Crippen LogP contribution in [0.25, 0.3) is 0 Å². The number of hydrogen-bond acceptors (Lipinski definition) is 7. The van der Waals surface area contributed by atoms with Gasteiger partial charge in [0.2, 0.25) is 10.0 Å². The first-order chi connectivity index (χ1) is 17.5. The summed E-state index contributed by atoms with van der Waals surface area (Å²) in [7, 11) is -3.52.